The molecule has 0 radical (unpaired) electrons. The molecule has 5 nitrogen and oxygen atoms in total. The number of hydrogen-bond acceptors (Lipinski definition) is 5. The number of aromatic nitrogens is 1. The lowest BCUT2D eigenvalue weighted by Gasteiger charge is -2.22. The molecule has 18 heavy (non-hydrogen) atoms. The Balaban J connectivity index is 2.51. The van der Waals surface area contributed by atoms with Crippen LogP contribution in [0.1, 0.15) is 19.4 Å². The van der Waals surface area contributed by atoms with Gasteiger partial charge in [0.05, 0.1) is 11.9 Å². The molecule has 0 saturated heterocycles. The molecule has 1 N–H and O–H groups in total. The fraction of sp³-hybridized carbons (Fsp3) is 0.583. The summed E-state index contributed by atoms with van der Waals surface area (Å²) in [6.07, 6.45) is 2.96. The van der Waals surface area contributed by atoms with Crippen LogP contribution in [0.2, 0.25) is 0 Å². The summed E-state index contributed by atoms with van der Waals surface area (Å²) in [7, 11) is -1.50. The highest BCUT2D eigenvalue weighted by Crippen LogP contribution is 2.14. The van der Waals surface area contributed by atoms with Crippen molar-refractivity contribution in [3.05, 3.63) is 23.9 Å². The predicted octanol–water partition coefficient (Wildman–Crippen LogP) is 1.00. The zero-order valence-electron chi connectivity index (χ0n) is 11.2. The number of methoxy groups -OCH3 is 1. The lowest BCUT2D eigenvalue weighted by Crippen LogP contribution is -2.41. The molecule has 6 heteroatoms. The molecule has 0 aliphatic rings. The first-order chi connectivity index (χ1) is 8.26. The first kappa shape index (κ1) is 14.9. The summed E-state index contributed by atoms with van der Waals surface area (Å²) in [5.41, 5.74) is 0.986. The van der Waals surface area contributed by atoms with E-state index >= 15 is 0 Å². The molecule has 0 spiro atoms. The second-order valence-electron chi connectivity index (χ2n) is 4.84. The van der Waals surface area contributed by atoms with Gasteiger partial charge in [-0.25, -0.2) is 13.4 Å². The van der Waals surface area contributed by atoms with E-state index in [0.29, 0.717) is 19.0 Å². The fourth-order valence-electron chi connectivity index (χ4n) is 1.28. The Bertz CT molecular complexity index is 481. The van der Waals surface area contributed by atoms with Gasteiger partial charge in [-0.05, 0) is 19.4 Å². The van der Waals surface area contributed by atoms with Gasteiger partial charge in [0.1, 0.15) is 0 Å². The predicted molar refractivity (Wildman–Crippen MR) is 71.4 cm³/mol. The van der Waals surface area contributed by atoms with Crippen molar-refractivity contribution < 1.29 is 13.2 Å². The maximum absolute atomic E-state index is 11.5. The molecule has 1 rings (SSSR count). The van der Waals surface area contributed by atoms with E-state index in [0.717, 1.165) is 5.56 Å². The Morgan fingerprint density at radius 1 is 1.39 bits per heavy atom. The molecule has 0 atom stereocenters. The summed E-state index contributed by atoms with van der Waals surface area (Å²) in [5.74, 6) is 0.565. The average Bonchev–Trinajstić information content (AvgIpc) is 2.28. The molecule has 0 fully saturated rings. The average molecular weight is 272 g/mol. The van der Waals surface area contributed by atoms with Gasteiger partial charge in [-0.3, -0.25) is 0 Å². The van der Waals surface area contributed by atoms with Crippen molar-refractivity contribution in [3.63, 3.8) is 0 Å². The standard InChI is InChI=1S/C12H20N2O3S/c1-12(2,18(4,15)16)9-13-7-10-5-6-11(17-3)14-8-10/h5-6,8,13H,7,9H2,1-4H3. The lowest BCUT2D eigenvalue weighted by atomic mass is 10.2. The minimum atomic E-state index is -3.07. The zero-order valence-corrected chi connectivity index (χ0v) is 12.0. The largest absolute Gasteiger partial charge is 0.481 e. The Hall–Kier alpha value is -1.14. The number of nitrogens with one attached hydrogen (secondary N) is 1. The summed E-state index contributed by atoms with van der Waals surface area (Å²) < 4.78 is 27.2. The van der Waals surface area contributed by atoms with Gasteiger partial charge < -0.3 is 10.1 Å². The van der Waals surface area contributed by atoms with Gasteiger partial charge in [-0.1, -0.05) is 6.07 Å². The van der Waals surface area contributed by atoms with Crippen molar-refractivity contribution in [2.45, 2.75) is 25.1 Å². The van der Waals surface area contributed by atoms with Crippen LogP contribution in [0.5, 0.6) is 5.88 Å². The van der Waals surface area contributed by atoms with Gasteiger partial charge in [-0.2, -0.15) is 0 Å². The van der Waals surface area contributed by atoms with Crippen LogP contribution >= 0.6 is 0 Å². The topological polar surface area (TPSA) is 68.3 Å². The number of pyridine rings is 1. The summed E-state index contributed by atoms with van der Waals surface area (Å²) in [5, 5.41) is 3.13. The van der Waals surface area contributed by atoms with Crippen molar-refractivity contribution >= 4 is 9.84 Å². The van der Waals surface area contributed by atoms with E-state index in [1.165, 1.54) is 6.26 Å². The van der Waals surface area contributed by atoms with Crippen molar-refractivity contribution in [1.29, 1.82) is 0 Å². The summed E-state index contributed by atoms with van der Waals surface area (Å²) in [6, 6.07) is 3.67. The molecular formula is C12H20N2O3S. The highest BCUT2D eigenvalue weighted by Gasteiger charge is 2.29. The molecule has 0 saturated carbocycles. The van der Waals surface area contributed by atoms with Crippen molar-refractivity contribution in [3.8, 4) is 5.88 Å². The van der Waals surface area contributed by atoms with E-state index in [1.54, 1.807) is 33.2 Å². The summed E-state index contributed by atoms with van der Waals surface area (Å²) >= 11 is 0. The minimum absolute atomic E-state index is 0.401. The molecule has 1 heterocycles. The molecule has 1 aromatic rings. The highest BCUT2D eigenvalue weighted by atomic mass is 32.2. The van der Waals surface area contributed by atoms with Crippen LogP contribution in [0, 0.1) is 0 Å². The van der Waals surface area contributed by atoms with Crippen molar-refractivity contribution in [1.82, 2.24) is 10.3 Å². The van der Waals surface area contributed by atoms with Crippen LogP contribution in [0.4, 0.5) is 0 Å². The third-order valence-electron chi connectivity index (χ3n) is 2.89. The molecular weight excluding hydrogens is 252 g/mol. The summed E-state index contributed by atoms with van der Waals surface area (Å²) in [4.78, 5) is 4.08. The zero-order chi connectivity index (χ0) is 13.8. The molecule has 0 aliphatic heterocycles. The van der Waals surface area contributed by atoms with E-state index in [9.17, 15) is 8.42 Å². The van der Waals surface area contributed by atoms with Crippen LogP contribution in [0.3, 0.4) is 0 Å². The van der Waals surface area contributed by atoms with Gasteiger partial charge in [0.15, 0.2) is 9.84 Å². The number of ether oxygens (including phenoxy) is 1. The Morgan fingerprint density at radius 2 is 2.06 bits per heavy atom. The van der Waals surface area contributed by atoms with Crippen molar-refractivity contribution in [2.24, 2.45) is 0 Å². The van der Waals surface area contributed by atoms with E-state index < -0.39 is 14.6 Å². The second kappa shape index (κ2) is 5.67. The third kappa shape index (κ3) is 3.96. The van der Waals surface area contributed by atoms with Gasteiger partial charge in [0.25, 0.3) is 0 Å². The van der Waals surface area contributed by atoms with E-state index in [4.69, 9.17) is 4.74 Å². The highest BCUT2D eigenvalue weighted by molar-refractivity contribution is 7.92. The molecule has 0 unspecified atom stereocenters. The molecule has 1 aromatic heterocycles. The van der Waals surface area contributed by atoms with Crippen LogP contribution < -0.4 is 10.1 Å². The SMILES string of the molecule is COc1ccc(CNCC(C)(C)S(C)(=O)=O)cn1. The first-order valence-corrected chi connectivity index (χ1v) is 7.54. The van der Waals surface area contributed by atoms with Crippen LogP contribution in [-0.2, 0) is 16.4 Å². The smallest absolute Gasteiger partial charge is 0.212 e. The van der Waals surface area contributed by atoms with Crippen LogP contribution in [0.25, 0.3) is 0 Å². The Morgan fingerprint density at radius 3 is 2.50 bits per heavy atom. The van der Waals surface area contributed by atoms with Gasteiger partial charge in [0, 0.05) is 31.6 Å². The monoisotopic (exact) mass is 272 g/mol. The number of nitrogens with zero attached hydrogens (tertiary/aromatic N) is 1. The summed E-state index contributed by atoms with van der Waals surface area (Å²) in [6.45, 7) is 4.40. The van der Waals surface area contributed by atoms with Gasteiger partial charge in [0.2, 0.25) is 5.88 Å². The van der Waals surface area contributed by atoms with Crippen LogP contribution in [-0.4, -0.2) is 38.1 Å². The van der Waals surface area contributed by atoms with Gasteiger partial charge >= 0.3 is 0 Å². The lowest BCUT2D eigenvalue weighted by molar-refractivity contribution is 0.397. The van der Waals surface area contributed by atoms with Gasteiger partial charge in [-0.15, -0.1) is 0 Å². The van der Waals surface area contributed by atoms with Crippen molar-refractivity contribution in [2.75, 3.05) is 19.9 Å². The molecule has 0 amide bonds. The second-order valence-corrected chi connectivity index (χ2v) is 7.49. The molecule has 0 bridgehead atoms. The first-order valence-electron chi connectivity index (χ1n) is 5.65. The van der Waals surface area contributed by atoms with E-state index in [1.807, 2.05) is 6.07 Å². The van der Waals surface area contributed by atoms with E-state index in [-0.39, 0.29) is 0 Å². The number of sulfone groups is 1. The third-order valence-corrected chi connectivity index (χ3v) is 5.04. The molecule has 102 valence electrons. The number of rotatable bonds is 6. The normalized spacial score (nSPS) is 12.4. The Labute approximate surface area is 108 Å². The molecule has 0 aliphatic carbocycles. The molecule has 0 aromatic carbocycles. The minimum Gasteiger partial charge on any atom is -0.481 e. The number of hydrogen-bond donors (Lipinski definition) is 1. The van der Waals surface area contributed by atoms with E-state index in [2.05, 4.69) is 10.3 Å². The van der Waals surface area contributed by atoms with Crippen LogP contribution in [0.15, 0.2) is 18.3 Å². The Kier molecular flexibility index (Phi) is 4.70. The maximum atomic E-state index is 11.5. The quantitative estimate of drug-likeness (QED) is 0.837. The fourth-order valence-corrected chi connectivity index (χ4v) is 1.64. The maximum Gasteiger partial charge on any atom is 0.212 e.